The van der Waals surface area contributed by atoms with Gasteiger partial charge in [0.25, 0.3) is 0 Å². The third kappa shape index (κ3) is 6.11. The minimum absolute atomic E-state index is 0.113. The molecule has 1 aliphatic heterocycles. The lowest BCUT2D eigenvalue weighted by molar-refractivity contribution is -0.193. The molecule has 1 aliphatic carbocycles. The summed E-state index contributed by atoms with van der Waals surface area (Å²) in [5, 5.41) is 0.113. The van der Waals surface area contributed by atoms with Crippen LogP contribution in [0.5, 0.6) is 0 Å². The van der Waals surface area contributed by atoms with Gasteiger partial charge in [0.1, 0.15) is 5.57 Å². The zero-order valence-electron chi connectivity index (χ0n) is 17.8. The molecule has 1 atom stereocenters. The van der Waals surface area contributed by atoms with Crippen molar-refractivity contribution in [3.63, 3.8) is 0 Å². The molecule has 14 heteroatoms. The molecule has 1 spiro atoms. The molecule has 190 valence electrons. The van der Waals surface area contributed by atoms with Gasteiger partial charge in [0.05, 0.1) is 10.9 Å². The highest BCUT2D eigenvalue weighted by molar-refractivity contribution is 9.10. The average Bonchev–Trinajstić information content (AvgIpc) is 2.90. The molecule has 34 heavy (non-hydrogen) atoms. The second-order valence-electron chi connectivity index (χ2n) is 8.23. The molecule has 1 fully saturated rings. The van der Waals surface area contributed by atoms with E-state index in [1.165, 1.54) is 6.07 Å². The maximum atomic E-state index is 13.2. The summed E-state index contributed by atoms with van der Waals surface area (Å²) in [5.41, 5.74) is -1.08. The number of halogens is 8. The number of rotatable bonds is 5. The van der Waals surface area contributed by atoms with Gasteiger partial charge in [-0.25, -0.2) is 4.79 Å². The van der Waals surface area contributed by atoms with Crippen molar-refractivity contribution in [1.29, 1.82) is 0 Å². The van der Waals surface area contributed by atoms with Gasteiger partial charge in [0, 0.05) is 16.7 Å². The molecule has 1 heterocycles. The van der Waals surface area contributed by atoms with E-state index in [1.54, 1.807) is 13.0 Å². The molecular formula is C20H19BrClF6O4PS. The van der Waals surface area contributed by atoms with E-state index >= 15 is 0 Å². The molecule has 0 radical (unpaired) electrons. The molecule has 1 saturated carbocycles. The van der Waals surface area contributed by atoms with E-state index < -0.39 is 42.9 Å². The third-order valence-electron chi connectivity index (χ3n) is 5.61. The van der Waals surface area contributed by atoms with Crippen molar-refractivity contribution in [2.45, 2.75) is 50.6 Å². The number of carbonyl (C=O) groups is 1. The molecule has 0 saturated heterocycles. The lowest BCUT2D eigenvalue weighted by atomic mass is 9.77. The van der Waals surface area contributed by atoms with Crippen LogP contribution < -0.4 is 0 Å². The van der Waals surface area contributed by atoms with Crippen LogP contribution in [0, 0.1) is 12.8 Å². The van der Waals surface area contributed by atoms with Gasteiger partial charge in [-0.05, 0) is 62.1 Å². The monoisotopic (exact) mass is 614 g/mol. The molecule has 1 aromatic carbocycles. The van der Waals surface area contributed by atoms with Gasteiger partial charge < -0.3 is 13.8 Å². The molecule has 1 aromatic rings. The first-order chi connectivity index (χ1) is 15.4. The Bertz CT molecular complexity index is 1040. The maximum absolute atomic E-state index is 13.2. The molecule has 0 aromatic heterocycles. The van der Waals surface area contributed by atoms with E-state index in [0.29, 0.717) is 10.0 Å². The summed E-state index contributed by atoms with van der Waals surface area (Å²) in [5.74, 6) is -2.73. The summed E-state index contributed by atoms with van der Waals surface area (Å²) in [7, 11) is 0. The maximum Gasteiger partial charge on any atom is 0.412 e. The molecule has 1 unspecified atom stereocenters. The predicted octanol–water partition coefficient (Wildman–Crippen LogP) is 7.70. The van der Waals surface area contributed by atoms with Crippen molar-refractivity contribution in [2.24, 2.45) is 5.92 Å². The van der Waals surface area contributed by atoms with Crippen molar-refractivity contribution in [1.82, 2.24) is 0 Å². The third-order valence-corrected chi connectivity index (χ3v) is 8.02. The zero-order chi connectivity index (χ0) is 25.7. The number of hydrogen-bond donors (Lipinski definition) is 0. The first-order valence-corrected chi connectivity index (χ1v) is 14.2. The largest absolute Gasteiger partial charge is 0.447 e. The van der Waals surface area contributed by atoms with Crippen LogP contribution in [0.1, 0.15) is 36.8 Å². The number of aryl methyl sites for hydroxylation is 1. The minimum atomic E-state index is -4.68. The first-order valence-electron chi connectivity index (χ1n) is 9.93. The molecule has 0 N–H and O–H groups in total. The van der Waals surface area contributed by atoms with E-state index in [4.69, 9.17) is 37.2 Å². The van der Waals surface area contributed by atoms with Gasteiger partial charge in [0.2, 0.25) is 6.49 Å². The summed E-state index contributed by atoms with van der Waals surface area (Å²) < 4.78 is 94.7. The van der Waals surface area contributed by atoms with E-state index in [0.717, 1.165) is 6.66 Å². The van der Waals surface area contributed by atoms with Crippen LogP contribution in [0.4, 0.5) is 26.3 Å². The standard InChI is InChI=1S/C20H19BrClF6O4PS/c1-10-7-12(21)8-13(22)14(10)15-16(32-33(2,34)30-9-19(23,24)25)18(31-17(15)29)5-3-11(4-6-18)20(26,27)28/h7-8,11H,3-6,9H2,1-2H3. The Morgan fingerprint density at radius 3 is 2.32 bits per heavy atom. The van der Waals surface area contributed by atoms with Crippen LogP contribution in [0.25, 0.3) is 5.57 Å². The van der Waals surface area contributed by atoms with E-state index in [1.807, 2.05) is 0 Å². The van der Waals surface area contributed by atoms with E-state index in [9.17, 15) is 31.1 Å². The first kappa shape index (κ1) is 27.8. The van der Waals surface area contributed by atoms with Crippen molar-refractivity contribution < 1.29 is 44.9 Å². The summed E-state index contributed by atoms with van der Waals surface area (Å²) in [6.07, 6.45) is -10.3. The molecule has 3 rings (SSSR count). The van der Waals surface area contributed by atoms with E-state index in [-0.39, 0.29) is 47.6 Å². The lowest BCUT2D eigenvalue weighted by Gasteiger charge is -2.38. The second-order valence-corrected chi connectivity index (χ2v) is 13.5. The van der Waals surface area contributed by atoms with Gasteiger partial charge in [-0.3, -0.25) is 0 Å². The Kier molecular flexibility index (Phi) is 7.82. The van der Waals surface area contributed by atoms with Crippen molar-refractivity contribution in [3.8, 4) is 0 Å². The van der Waals surface area contributed by atoms with Gasteiger partial charge in [-0.1, -0.05) is 27.5 Å². The number of hydrogen-bond acceptors (Lipinski definition) is 5. The molecule has 0 bridgehead atoms. The predicted molar refractivity (Wildman–Crippen MR) is 121 cm³/mol. The quantitative estimate of drug-likeness (QED) is 0.193. The Morgan fingerprint density at radius 2 is 1.82 bits per heavy atom. The Morgan fingerprint density at radius 1 is 1.24 bits per heavy atom. The van der Waals surface area contributed by atoms with Crippen LogP contribution in [0.2, 0.25) is 5.02 Å². The van der Waals surface area contributed by atoms with Crippen LogP contribution in [0.3, 0.4) is 0 Å². The Labute approximate surface area is 210 Å². The Hall–Kier alpha value is -0.810. The van der Waals surface area contributed by atoms with Gasteiger partial charge in [-0.2, -0.15) is 26.3 Å². The summed E-state index contributed by atoms with van der Waals surface area (Å²) in [6, 6.07) is 3.14. The van der Waals surface area contributed by atoms with Crippen molar-refractivity contribution in [2.75, 3.05) is 13.3 Å². The Balaban J connectivity index is 2.10. The highest BCUT2D eigenvalue weighted by Crippen LogP contribution is 2.58. The summed E-state index contributed by atoms with van der Waals surface area (Å²) >= 11 is 14.8. The fourth-order valence-electron chi connectivity index (χ4n) is 4.08. The van der Waals surface area contributed by atoms with Crippen LogP contribution in [0.15, 0.2) is 22.4 Å². The van der Waals surface area contributed by atoms with Gasteiger partial charge >= 0.3 is 18.3 Å². The smallest absolute Gasteiger partial charge is 0.412 e. The lowest BCUT2D eigenvalue weighted by Crippen LogP contribution is -2.40. The van der Waals surface area contributed by atoms with E-state index in [2.05, 4.69) is 15.9 Å². The highest BCUT2D eigenvalue weighted by atomic mass is 79.9. The molecule has 4 nitrogen and oxygen atoms in total. The van der Waals surface area contributed by atoms with Gasteiger partial charge in [-0.15, -0.1) is 0 Å². The van der Waals surface area contributed by atoms with Crippen LogP contribution >= 0.6 is 34.0 Å². The molecule has 2 aliphatic rings. The highest BCUT2D eigenvalue weighted by Gasteiger charge is 2.56. The number of benzene rings is 1. The SMILES string of the molecule is Cc1cc(Br)cc(Cl)c1C1=C(OP(C)(=S)OCC(F)(F)F)C2(CCC(C(F)(F)F)CC2)OC1=O. The number of carbonyl (C=O) groups excluding carboxylic acids is 1. The zero-order valence-corrected chi connectivity index (χ0v) is 21.8. The molecular weight excluding hydrogens is 597 g/mol. The second kappa shape index (κ2) is 9.57. The van der Waals surface area contributed by atoms with Crippen molar-refractivity contribution >= 4 is 57.4 Å². The number of alkyl halides is 6. The fraction of sp³-hybridized carbons (Fsp3) is 0.550. The summed E-state index contributed by atoms with van der Waals surface area (Å²) in [4.78, 5) is 13.0. The summed E-state index contributed by atoms with van der Waals surface area (Å²) in [6.45, 7) is -2.55. The normalized spacial score (nSPS) is 25.5. The number of esters is 1. The topological polar surface area (TPSA) is 44.8 Å². The molecule has 0 amide bonds. The number of ether oxygens (including phenoxy) is 1. The van der Waals surface area contributed by atoms with Crippen molar-refractivity contribution in [3.05, 3.63) is 38.5 Å². The fourth-order valence-corrected chi connectivity index (χ4v) is 6.55. The minimum Gasteiger partial charge on any atom is -0.447 e. The average molecular weight is 616 g/mol. The van der Waals surface area contributed by atoms with Crippen LogP contribution in [-0.2, 0) is 30.4 Å². The van der Waals surface area contributed by atoms with Crippen LogP contribution in [-0.4, -0.2) is 37.2 Å². The van der Waals surface area contributed by atoms with Gasteiger partial charge in [0.15, 0.2) is 18.0 Å².